The molecule has 222 valence electrons. The molecule has 2 aromatic heterocycles. The van der Waals surface area contributed by atoms with Crippen molar-refractivity contribution in [1.29, 1.82) is 0 Å². The molecule has 1 aliphatic heterocycles. The fourth-order valence-electron chi connectivity index (χ4n) is 5.22. The quantitative estimate of drug-likeness (QED) is 0.205. The zero-order valence-corrected chi connectivity index (χ0v) is 27.4. The molecule has 7 nitrogen and oxygen atoms in total. The Labute approximate surface area is 270 Å². The Hall–Kier alpha value is -4.18. The average molecular weight is 689 g/mol. The molecule has 44 heavy (non-hydrogen) atoms. The van der Waals surface area contributed by atoms with E-state index < -0.39 is 6.04 Å². The maximum atomic E-state index is 14.0. The van der Waals surface area contributed by atoms with E-state index in [1.165, 1.54) is 11.3 Å². The smallest absolute Gasteiger partial charge is 0.271 e. The largest absolute Gasteiger partial charge is 0.497 e. The van der Waals surface area contributed by atoms with Crippen molar-refractivity contribution >= 4 is 56.5 Å². The van der Waals surface area contributed by atoms with Crippen molar-refractivity contribution in [2.75, 3.05) is 12.4 Å². The fourth-order valence-corrected chi connectivity index (χ4v) is 6.67. The Morgan fingerprint density at radius 3 is 2.55 bits per heavy atom. The van der Waals surface area contributed by atoms with E-state index in [0.29, 0.717) is 48.6 Å². The number of hydrogen-bond acceptors (Lipinski definition) is 6. The molecule has 5 aromatic rings. The second-order valence-electron chi connectivity index (χ2n) is 10.5. The molecule has 0 saturated heterocycles. The number of rotatable bonds is 6. The molecule has 1 atom stereocenters. The van der Waals surface area contributed by atoms with E-state index in [1.807, 2.05) is 80.6 Å². The highest BCUT2D eigenvalue weighted by Gasteiger charge is 2.32. The lowest BCUT2D eigenvalue weighted by molar-refractivity contribution is -0.113. The Kier molecular flexibility index (Phi) is 8.20. The van der Waals surface area contributed by atoms with Gasteiger partial charge in [-0.2, -0.15) is 0 Å². The van der Waals surface area contributed by atoms with Crippen molar-refractivity contribution in [3.05, 3.63) is 136 Å². The topological polar surface area (TPSA) is 85.8 Å². The normalized spacial score (nSPS) is 14.8. The van der Waals surface area contributed by atoms with Gasteiger partial charge in [0.2, 0.25) is 0 Å². The van der Waals surface area contributed by atoms with Gasteiger partial charge in [0.25, 0.3) is 11.5 Å². The Balaban J connectivity index is 1.44. The van der Waals surface area contributed by atoms with Crippen LogP contribution in [0.5, 0.6) is 5.75 Å². The third kappa shape index (κ3) is 5.70. The number of benzene rings is 3. The molecular formula is C34H27BrClN3O4S. The first-order valence-corrected chi connectivity index (χ1v) is 15.7. The van der Waals surface area contributed by atoms with Crippen LogP contribution in [0.2, 0.25) is 5.02 Å². The summed E-state index contributed by atoms with van der Waals surface area (Å²) in [5, 5.41) is 3.62. The summed E-state index contributed by atoms with van der Waals surface area (Å²) in [4.78, 5) is 33.2. The van der Waals surface area contributed by atoms with E-state index in [-0.39, 0.29) is 11.5 Å². The maximum absolute atomic E-state index is 14.0. The van der Waals surface area contributed by atoms with Gasteiger partial charge in [0.1, 0.15) is 17.3 Å². The lowest BCUT2D eigenvalue weighted by Gasteiger charge is -2.25. The van der Waals surface area contributed by atoms with Gasteiger partial charge in [0.05, 0.1) is 34.0 Å². The summed E-state index contributed by atoms with van der Waals surface area (Å²) in [5.74, 6) is 1.48. The van der Waals surface area contributed by atoms with Crippen LogP contribution in [0, 0.1) is 13.8 Å². The molecule has 1 aliphatic rings. The molecule has 0 bridgehead atoms. The summed E-state index contributed by atoms with van der Waals surface area (Å²) >= 11 is 10.9. The highest BCUT2D eigenvalue weighted by atomic mass is 79.9. The van der Waals surface area contributed by atoms with E-state index in [1.54, 1.807) is 30.7 Å². The number of carbonyl (C=O) groups excluding carboxylic acids is 1. The molecule has 0 saturated carbocycles. The SMILES string of the molecule is COc1ccc([C@H]2C(C(=O)Nc3ccc(C)cc3C)=C(C)N=c3s/c(=C/c4ccc(-c5ccc(Br)c(Cl)c5)o4)c(=O)n32)cc1. The number of ether oxygens (including phenoxy) is 1. The van der Waals surface area contributed by atoms with Gasteiger partial charge in [-0.1, -0.05) is 58.8 Å². The molecule has 0 radical (unpaired) electrons. The lowest BCUT2D eigenvalue weighted by Crippen LogP contribution is -2.40. The first-order chi connectivity index (χ1) is 21.1. The van der Waals surface area contributed by atoms with Crippen LogP contribution < -0.4 is 24.9 Å². The Morgan fingerprint density at radius 1 is 1.07 bits per heavy atom. The van der Waals surface area contributed by atoms with Gasteiger partial charge in [-0.25, -0.2) is 4.99 Å². The minimum absolute atomic E-state index is 0.275. The van der Waals surface area contributed by atoms with Crippen LogP contribution in [-0.4, -0.2) is 17.6 Å². The maximum Gasteiger partial charge on any atom is 0.271 e. The number of fused-ring (bicyclic) bond motifs is 1. The Bertz CT molecular complexity index is 2140. The van der Waals surface area contributed by atoms with Crippen molar-refractivity contribution in [3.8, 4) is 17.1 Å². The first-order valence-electron chi connectivity index (χ1n) is 13.7. The van der Waals surface area contributed by atoms with Gasteiger partial charge in [-0.3, -0.25) is 14.2 Å². The van der Waals surface area contributed by atoms with E-state index in [4.69, 9.17) is 25.7 Å². The predicted molar refractivity (Wildman–Crippen MR) is 178 cm³/mol. The van der Waals surface area contributed by atoms with Crippen LogP contribution in [-0.2, 0) is 4.79 Å². The van der Waals surface area contributed by atoms with Crippen LogP contribution in [0.1, 0.15) is 35.4 Å². The van der Waals surface area contributed by atoms with Crippen molar-refractivity contribution in [2.24, 2.45) is 4.99 Å². The van der Waals surface area contributed by atoms with Crippen molar-refractivity contribution < 1.29 is 13.9 Å². The second-order valence-corrected chi connectivity index (χ2v) is 12.7. The van der Waals surface area contributed by atoms with Crippen LogP contribution in [0.4, 0.5) is 5.69 Å². The number of methoxy groups -OCH3 is 1. The standard InChI is InChI=1S/C34H27BrClN3O4S/c1-18-5-13-27(19(2)15-18)38-32(40)30-20(3)37-34-39(31(30)21-6-9-23(42-4)10-7-21)33(41)29(44-34)17-24-11-14-28(43-24)22-8-12-25(35)26(36)16-22/h5-17,31H,1-4H3,(H,38,40)/b29-17+/t31-/m0/s1. The number of carbonyl (C=O) groups is 1. The number of nitrogens with zero attached hydrogens (tertiary/aromatic N) is 2. The number of nitrogens with one attached hydrogen (secondary N) is 1. The molecular weight excluding hydrogens is 662 g/mol. The van der Waals surface area contributed by atoms with E-state index in [2.05, 4.69) is 21.2 Å². The third-order valence-electron chi connectivity index (χ3n) is 7.43. The minimum atomic E-state index is -0.706. The predicted octanol–water partition coefficient (Wildman–Crippen LogP) is 7.18. The fraction of sp³-hybridized carbons (Fsp3) is 0.147. The van der Waals surface area contributed by atoms with E-state index >= 15 is 0 Å². The van der Waals surface area contributed by atoms with Gasteiger partial charge < -0.3 is 14.5 Å². The molecule has 0 spiro atoms. The summed E-state index contributed by atoms with van der Waals surface area (Å²) in [5.41, 5.74) is 4.96. The number of thiazole rings is 1. The van der Waals surface area contributed by atoms with Gasteiger partial charge in [0, 0.05) is 21.8 Å². The average Bonchev–Trinajstić information content (AvgIpc) is 3.59. The first kappa shape index (κ1) is 29.9. The molecule has 6 rings (SSSR count). The zero-order chi connectivity index (χ0) is 31.1. The number of allylic oxidation sites excluding steroid dienone is 1. The van der Waals surface area contributed by atoms with Crippen molar-refractivity contribution in [1.82, 2.24) is 4.57 Å². The summed E-state index contributed by atoms with van der Waals surface area (Å²) in [6.07, 6.45) is 1.70. The number of furan rings is 1. The molecule has 0 fully saturated rings. The summed E-state index contributed by atoms with van der Waals surface area (Å²) < 4.78 is 14.2. The molecule has 3 heterocycles. The van der Waals surface area contributed by atoms with Crippen LogP contribution in [0.3, 0.4) is 0 Å². The van der Waals surface area contributed by atoms with E-state index in [9.17, 15) is 9.59 Å². The highest BCUT2D eigenvalue weighted by Crippen LogP contribution is 2.33. The summed E-state index contributed by atoms with van der Waals surface area (Å²) in [6.45, 7) is 5.75. The van der Waals surface area contributed by atoms with Gasteiger partial charge in [0.15, 0.2) is 4.80 Å². The second kappa shape index (κ2) is 12.1. The number of amides is 1. The lowest BCUT2D eigenvalue weighted by atomic mass is 9.95. The monoisotopic (exact) mass is 687 g/mol. The molecule has 1 N–H and O–H groups in total. The Morgan fingerprint density at radius 2 is 1.84 bits per heavy atom. The number of hydrogen-bond donors (Lipinski definition) is 1. The molecule has 0 unspecified atom stereocenters. The molecule has 10 heteroatoms. The van der Waals surface area contributed by atoms with Gasteiger partial charge >= 0.3 is 0 Å². The van der Waals surface area contributed by atoms with Gasteiger partial charge in [-0.15, -0.1) is 0 Å². The third-order valence-corrected chi connectivity index (χ3v) is 9.65. The van der Waals surface area contributed by atoms with E-state index in [0.717, 1.165) is 26.7 Å². The van der Waals surface area contributed by atoms with Gasteiger partial charge in [-0.05, 0) is 90.3 Å². The number of aryl methyl sites for hydroxylation is 2. The molecule has 0 aliphatic carbocycles. The van der Waals surface area contributed by atoms with Crippen LogP contribution in [0.15, 0.2) is 103 Å². The molecule has 1 amide bonds. The summed E-state index contributed by atoms with van der Waals surface area (Å²) in [7, 11) is 1.59. The van der Waals surface area contributed by atoms with Crippen molar-refractivity contribution in [2.45, 2.75) is 26.8 Å². The zero-order valence-electron chi connectivity index (χ0n) is 24.3. The number of aromatic nitrogens is 1. The van der Waals surface area contributed by atoms with Crippen LogP contribution >= 0.6 is 38.9 Å². The van der Waals surface area contributed by atoms with Crippen LogP contribution in [0.25, 0.3) is 17.4 Å². The van der Waals surface area contributed by atoms with Crippen molar-refractivity contribution in [3.63, 3.8) is 0 Å². The number of halogens is 2. The summed E-state index contributed by atoms with van der Waals surface area (Å²) in [6, 6.07) is 21.7. The molecule has 3 aromatic carbocycles. The highest BCUT2D eigenvalue weighted by molar-refractivity contribution is 9.10. The minimum Gasteiger partial charge on any atom is -0.497 e. The number of anilines is 1.